The van der Waals surface area contributed by atoms with Crippen LogP contribution >= 0.6 is 0 Å². The van der Waals surface area contributed by atoms with Gasteiger partial charge >= 0.3 is 0 Å². The lowest BCUT2D eigenvalue weighted by molar-refractivity contribution is -0.125. The van der Waals surface area contributed by atoms with Crippen molar-refractivity contribution in [2.45, 2.75) is 5.66 Å². The number of benzene rings is 1. The predicted octanol–water partition coefficient (Wildman–Crippen LogP) is -0.341. The number of carbonyl (C=O) groups excluding carboxylic acids is 1. The molecule has 0 spiro atoms. The third-order valence-corrected chi connectivity index (χ3v) is 3.62. The van der Waals surface area contributed by atoms with Crippen LogP contribution in [0, 0.1) is 0 Å². The molecule has 6 heteroatoms. The van der Waals surface area contributed by atoms with Gasteiger partial charge in [-0.2, -0.15) is 0 Å². The number of amides is 1. The number of β-amino-alcohol motifs (C(OH)–C–C–N with tert-alkyl or cyclic N) is 1. The molecule has 1 aliphatic rings. The number of nitrogens with one attached hydrogen (secondary N) is 3. The molecule has 19 heavy (non-hydrogen) atoms. The lowest BCUT2D eigenvalue weighted by Gasteiger charge is -2.27. The molecular formula is C13H20N4O2. The molecule has 0 aliphatic carbocycles. The van der Waals surface area contributed by atoms with Gasteiger partial charge in [0.1, 0.15) is 0 Å². The van der Waals surface area contributed by atoms with Gasteiger partial charge in [-0.1, -0.05) is 12.1 Å². The maximum Gasteiger partial charge on any atom is 0.267 e. The number of likely N-dealkylation sites (N-methyl/N-ethyl adjacent to an activating group) is 2. The Morgan fingerprint density at radius 1 is 1.26 bits per heavy atom. The van der Waals surface area contributed by atoms with Crippen LogP contribution < -0.4 is 20.9 Å². The van der Waals surface area contributed by atoms with Crippen LogP contribution in [-0.2, 0) is 10.5 Å². The molecule has 0 aromatic heterocycles. The fraction of sp³-hybridized carbons (Fsp3) is 0.462. The molecule has 0 saturated heterocycles. The van der Waals surface area contributed by atoms with E-state index in [1.807, 2.05) is 25.2 Å². The Balaban J connectivity index is 2.66. The van der Waals surface area contributed by atoms with Crippen LogP contribution in [-0.4, -0.2) is 45.3 Å². The molecule has 2 rings (SSSR count). The second-order valence-electron chi connectivity index (χ2n) is 4.38. The van der Waals surface area contributed by atoms with Crippen molar-refractivity contribution in [2.24, 2.45) is 0 Å². The van der Waals surface area contributed by atoms with Crippen molar-refractivity contribution < 1.29 is 9.90 Å². The summed E-state index contributed by atoms with van der Waals surface area (Å²) in [5.41, 5.74) is 1.61. The Labute approximate surface area is 112 Å². The largest absolute Gasteiger partial charge is 0.395 e. The topological polar surface area (TPSA) is 76.6 Å². The zero-order valence-corrected chi connectivity index (χ0v) is 11.4. The van der Waals surface area contributed by atoms with Crippen molar-refractivity contribution in [1.29, 1.82) is 0 Å². The molecule has 0 bridgehead atoms. The third-order valence-electron chi connectivity index (χ3n) is 3.62. The fourth-order valence-electron chi connectivity index (χ4n) is 2.68. The Hall–Kier alpha value is -1.63. The lowest BCUT2D eigenvalue weighted by atomic mass is 10.0. The highest BCUT2D eigenvalue weighted by atomic mass is 16.3. The molecule has 1 amide bonds. The summed E-state index contributed by atoms with van der Waals surface area (Å²) in [7, 11) is 5.30. The minimum absolute atomic E-state index is 0.0766. The Bertz CT molecular complexity index is 486. The summed E-state index contributed by atoms with van der Waals surface area (Å²) in [6, 6.07) is 5.74. The Kier molecular flexibility index (Phi) is 3.75. The summed E-state index contributed by atoms with van der Waals surface area (Å²) in [6.45, 7) is 0.197. The van der Waals surface area contributed by atoms with E-state index in [0.717, 1.165) is 16.9 Å². The first-order chi connectivity index (χ1) is 9.16. The van der Waals surface area contributed by atoms with E-state index in [-0.39, 0.29) is 19.1 Å². The molecule has 1 aromatic carbocycles. The zero-order chi connectivity index (χ0) is 14.0. The van der Waals surface area contributed by atoms with Gasteiger partial charge in [-0.15, -0.1) is 0 Å². The van der Waals surface area contributed by atoms with Crippen molar-refractivity contribution in [3.63, 3.8) is 0 Å². The molecule has 4 N–H and O–H groups in total. The maximum absolute atomic E-state index is 12.7. The van der Waals surface area contributed by atoms with Gasteiger partial charge in [0.2, 0.25) is 0 Å². The number of fused-ring (bicyclic) bond motifs is 1. The maximum atomic E-state index is 12.7. The summed E-state index contributed by atoms with van der Waals surface area (Å²) >= 11 is 0. The van der Waals surface area contributed by atoms with Crippen LogP contribution in [0.4, 0.5) is 11.4 Å². The lowest BCUT2D eigenvalue weighted by Crippen LogP contribution is -2.58. The van der Waals surface area contributed by atoms with E-state index in [4.69, 9.17) is 0 Å². The van der Waals surface area contributed by atoms with Crippen LogP contribution in [0.1, 0.15) is 5.56 Å². The number of para-hydroxylation sites is 1. The SMILES string of the molecule is CNc1cccc2c1N(CCO)C(=O)C2(NC)NC. The van der Waals surface area contributed by atoms with Crippen LogP contribution in [0.5, 0.6) is 0 Å². The number of aliphatic hydroxyl groups excluding tert-OH is 1. The third kappa shape index (κ3) is 1.80. The van der Waals surface area contributed by atoms with E-state index >= 15 is 0 Å². The van der Waals surface area contributed by atoms with Gasteiger partial charge < -0.3 is 15.3 Å². The van der Waals surface area contributed by atoms with Gasteiger partial charge in [0.25, 0.3) is 5.91 Å². The van der Waals surface area contributed by atoms with Crippen LogP contribution in [0.25, 0.3) is 0 Å². The van der Waals surface area contributed by atoms with Gasteiger partial charge in [0.15, 0.2) is 5.66 Å². The monoisotopic (exact) mass is 264 g/mol. The van der Waals surface area contributed by atoms with E-state index in [1.165, 1.54) is 0 Å². The first kappa shape index (κ1) is 13.8. The first-order valence-electron chi connectivity index (χ1n) is 6.28. The number of aliphatic hydroxyl groups is 1. The Morgan fingerprint density at radius 2 is 1.95 bits per heavy atom. The molecule has 0 atom stereocenters. The van der Waals surface area contributed by atoms with Crippen LogP contribution in [0.3, 0.4) is 0 Å². The molecular weight excluding hydrogens is 244 g/mol. The van der Waals surface area contributed by atoms with Crippen molar-refractivity contribution in [3.8, 4) is 0 Å². The smallest absolute Gasteiger partial charge is 0.267 e. The number of carbonyl (C=O) groups is 1. The van der Waals surface area contributed by atoms with Crippen molar-refractivity contribution in [1.82, 2.24) is 10.6 Å². The fourth-order valence-corrected chi connectivity index (χ4v) is 2.68. The number of rotatable bonds is 5. The molecule has 1 aromatic rings. The predicted molar refractivity (Wildman–Crippen MR) is 75.2 cm³/mol. The minimum Gasteiger partial charge on any atom is -0.395 e. The standard InChI is InChI=1S/C13H20N4O2/c1-14-10-6-4-5-9-11(10)17(7-8-18)12(19)13(9,15-2)16-3/h4-6,14-16,18H,7-8H2,1-3H3. The second-order valence-corrected chi connectivity index (χ2v) is 4.38. The van der Waals surface area contributed by atoms with Gasteiger partial charge in [0, 0.05) is 19.2 Å². The molecule has 0 radical (unpaired) electrons. The molecule has 6 nitrogen and oxygen atoms in total. The summed E-state index contributed by atoms with van der Waals surface area (Å²) in [5.74, 6) is -0.107. The van der Waals surface area contributed by atoms with Crippen molar-refractivity contribution in [2.75, 3.05) is 44.5 Å². The molecule has 104 valence electrons. The van der Waals surface area contributed by atoms with Gasteiger partial charge in [0.05, 0.1) is 18.0 Å². The van der Waals surface area contributed by atoms with Gasteiger partial charge in [-0.3, -0.25) is 15.4 Å². The van der Waals surface area contributed by atoms with E-state index in [9.17, 15) is 9.90 Å². The van der Waals surface area contributed by atoms with E-state index in [1.54, 1.807) is 19.0 Å². The molecule has 0 fully saturated rings. The number of hydrogen-bond acceptors (Lipinski definition) is 5. The second kappa shape index (κ2) is 5.16. The minimum atomic E-state index is -0.933. The summed E-state index contributed by atoms with van der Waals surface area (Å²) < 4.78 is 0. The van der Waals surface area contributed by atoms with Crippen LogP contribution in [0.15, 0.2) is 18.2 Å². The summed E-state index contributed by atoms with van der Waals surface area (Å²) in [5, 5.41) is 18.4. The quantitative estimate of drug-likeness (QED) is 0.547. The molecule has 0 unspecified atom stereocenters. The Morgan fingerprint density at radius 3 is 2.47 bits per heavy atom. The highest BCUT2D eigenvalue weighted by Crippen LogP contribution is 2.42. The number of nitrogens with zero attached hydrogens (tertiary/aromatic N) is 1. The van der Waals surface area contributed by atoms with E-state index in [2.05, 4.69) is 16.0 Å². The molecule has 1 heterocycles. The average molecular weight is 264 g/mol. The highest BCUT2D eigenvalue weighted by molar-refractivity contribution is 6.10. The zero-order valence-electron chi connectivity index (χ0n) is 11.4. The normalized spacial score (nSPS) is 16.6. The molecule has 0 saturated carbocycles. The molecule has 1 aliphatic heterocycles. The first-order valence-corrected chi connectivity index (χ1v) is 6.28. The number of anilines is 2. The number of hydrogen-bond donors (Lipinski definition) is 4. The highest BCUT2D eigenvalue weighted by Gasteiger charge is 2.49. The van der Waals surface area contributed by atoms with Crippen molar-refractivity contribution in [3.05, 3.63) is 23.8 Å². The van der Waals surface area contributed by atoms with Crippen molar-refractivity contribution >= 4 is 17.3 Å². The van der Waals surface area contributed by atoms with E-state index in [0.29, 0.717) is 0 Å². The van der Waals surface area contributed by atoms with E-state index < -0.39 is 5.66 Å². The van der Waals surface area contributed by atoms with Crippen LogP contribution in [0.2, 0.25) is 0 Å². The summed E-state index contributed by atoms with van der Waals surface area (Å²) in [6.07, 6.45) is 0. The summed E-state index contributed by atoms with van der Waals surface area (Å²) in [4.78, 5) is 14.3. The van der Waals surface area contributed by atoms with Gasteiger partial charge in [-0.25, -0.2) is 0 Å². The average Bonchev–Trinajstić information content (AvgIpc) is 2.69. The van der Waals surface area contributed by atoms with Gasteiger partial charge in [-0.05, 0) is 20.2 Å².